The molecule has 7 rings (SSSR count). The van der Waals surface area contributed by atoms with Crippen molar-refractivity contribution in [1.82, 2.24) is 4.90 Å². The molecule has 1 saturated carbocycles. The Labute approximate surface area is 389 Å². The Morgan fingerprint density at radius 3 is 2.30 bits per heavy atom. The number of ether oxygens (including phenoxy) is 4. The van der Waals surface area contributed by atoms with Gasteiger partial charge in [0.15, 0.2) is 0 Å². The molecule has 0 aromatic heterocycles. The predicted molar refractivity (Wildman–Crippen MR) is 250 cm³/mol. The van der Waals surface area contributed by atoms with E-state index in [1.165, 1.54) is 24.3 Å². The number of aliphatic hydroxyl groups is 2. The predicted octanol–water partition coefficient (Wildman–Crippen LogP) is 10.2. The highest BCUT2D eigenvalue weighted by Crippen LogP contribution is 2.62. The Balaban J connectivity index is 1.41. The molecule has 0 unspecified atom stereocenters. The number of hydrogen-bond donors (Lipinski definition) is 2. The van der Waals surface area contributed by atoms with E-state index in [1.807, 2.05) is 49.4 Å². The van der Waals surface area contributed by atoms with E-state index >= 15 is 0 Å². The van der Waals surface area contributed by atoms with E-state index in [9.17, 15) is 35.2 Å². The van der Waals surface area contributed by atoms with Crippen molar-refractivity contribution in [1.29, 1.82) is 0 Å². The van der Waals surface area contributed by atoms with Crippen LogP contribution < -0.4 is 9.47 Å². The van der Waals surface area contributed by atoms with Crippen LogP contribution in [0.2, 0.25) is 0 Å². The number of hydrogen-bond acceptors (Lipinski definition) is 13. The summed E-state index contributed by atoms with van der Waals surface area (Å²) in [5, 5.41) is 47.8. The van der Waals surface area contributed by atoms with Crippen molar-refractivity contribution < 1.29 is 48.6 Å². The summed E-state index contributed by atoms with van der Waals surface area (Å²) >= 11 is 0. The third kappa shape index (κ3) is 11.2. The van der Waals surface area contributed by atoms with Gasteiger partial charge in [-0.2, -0.15) is 0 Å². The fourth-order valence-corrected chi connectivity index (χ4v) is 9.82. The summed E-state index contributed by atoms with van der Waals surface area (Å²) < 4.78 is 26.7. The van der Waals surface area contributed by atoms with Crippen molar-refractivity contribution in [2.24, 2.45) is 22.9 Å². The largest absolute Gasteiger partial charge is 0.459 e. The number of rotatable bonds is 23. The molecule has 0 saturated heterocycles. The molecule has 1 fully saturated rings. The van der Waals surface area contributed by atoms with E-state index in [2.05, 4.69) is 12.7 Å². The summed E-state index contributed by atoms with van der Waals surface area (Å²) in [7, 11) is 0. The molecule has 0 bridgehead atoms. The minimum atomic E-state index is -1.54. The lowest BCUT2D eigenvalue weighted by Gasteiger charge is -2.59. The molecule has 4 aromatic rings. The number of nitro benzene ring substituents is 2. The van der Waals surface area contributed by atoms with Gasteiger partial charge in [0, 0.05) is 55.9 Å². The van der Waals surface area contributed by atoms with Crippen molar-refractivity contribution in [2.45, 2.75) is 89.3 Å². The summed E-state index contributed by atoms with van der Waals surface area (Å²) in [6.45, 7) is 6.41. The zero-order chi connectivity index (χ0) is 47.3. The van der Waals surface area contributed by atoms with Crippen LogP contribution in [0, 0.1) is 38.0 Å². The maximum absolute atomic E-state index is 14.6. The quantitative estimate of drug-likeness (QED) is 0.0309. The van der Waals surface area contributed by atoms with Crippen LogP contribution in [0.5, 0.6) is 17.2 Å². The van der Waals surface area contributed by atoms with Gasteiger partial charge in [-0.15, -0.1) is 6.58 Å². The average Bonchev–Trinajstić information content (AvgIpc) is 3.34. The number of nitrogens with zero attached hydrogens (tertiary/aromatic N) is 4. The molecule has 16 heteroatoms. The number of oxime groups is 1. The van der Waals surface area contributed by atoms with Gasteiger partial charge in [0.25, 0.3) is 11.4 Å². The van der Waals surface area contributed by atoms with Crippen molar-refractivity contribution in [3.05, 3.63) is 158 Å². The second-order valence-corrected chi connectivity index (χ2v) is 17.1. The van der Waals surface area contributed by atoms with Gasteiger partial charge < -0.3 is 34.0 Å². The van der Waals surface area contributed by atoms with E-state index in [0.717, 1.165) is 29.5 Å². The van der Waals surface area contributed by atoms with Gasteiger partial charge in [-0.05, 0) is 97.0 Å². The first kappa shape index (κ1) is 48.3. The first-order chi connectivity index (χ1) is 32.6. The summed E-state index contributed by atoms with van der Waals surface area (Å²) in [6, 6.07) is 26.1. The van der Waals surface area contributed by atoms with Gasteiger partial charge >= 0.3 is 6.09 Å². The molecule has 4 aromatic carbocycles. The number of aliphatic hydroxyl groups excluding tert-OH is 2. The normalized spacial score (nSPS) is 22.0. The van der Waals surface area contributed by atoms with Crippen LogP contribution in [0.3, 0.4) is 0 Å². The molecule has 0 radical (unpaired) electrons. The van der Waals surface area contributed by atoms with Gasteiger partial charge in [0.1, 0.15) is 36.5 Å². The Morgan fingerprint density at radius 2 is 1.60 bits per heavy atom. The van der Waals surface area contributed by atoms with Gasteiger partial charge in [-0.1, -0.05) is 73.5 Å². The minimum Gasteiger partial charge on any atom is -0.459 e. The Kier molecular flexibility index (Phi) is 16.4. The van der Waals surface area contributed by atoms with Crippen molar-refractivity contribution in [3.8, 4) is 17.2 Å². The van der Waals surface area contributed by atoms with E-state index in [1.54, 1.807) is 41.3 Å². The molecule has 2 N–H and O–H groups in total. The zero-order valence-electron chi connectivity index (χ0n) is 37.7. The number of unbranched alkanes of at least 4 members (excludes halogenated alkanes) is 2. The monoisotopic (exact) mass is 918 g/mol. The van der Waals surface area contributed by atoms with Crippen LogP contribution in [0.4, 0.5) is 16.2 Å². The molecule has 16 nitrogen and oxygen atoms in total. The highest BCUT2D eigenvalue weighted by molar-refractivity contribution is 6.03. The smallest absolute Gasteiger partial charge is 0.410 e. The average molecular weight is 919 g/mol. The molecule has 6 atom stereocenters. The highest BCUT2D eigenvalue weighted by atomic mass is 16.7. The molecule has 1 amide bonds. The van der Waals surface area contributed by atoms with Gasteiger partial charge in [0.2, 0.25) is 5.79 Å². The summed E-state index contributed by atoms with van der Waals surface area (Å²) in [6.07, 6.45) is 8.06. The molecule has 354 valence electrons. The van der Waals surface area contributed by atoms with Crippen molar-refractivity contribution in [2.75, 3.05) is 26.4 Å². The van der Waals surface area contributed by atoms with Crippen LogP contribution in [0.1, 0.15) is 80.9 Å². The Morgan fingerprint density at radius 1 is 0.881 bits per heavy atom. The number of benzene rings is 4. The van der Waals surface area contributed by atoms with Gasteiger partial charge in [-0.25, -0.2) is 4.79 Å². The number of allylic oxidation sites excluding steroid dienone is 1. The second-order valence-electron chi connectivity index (χ2n) is 17.1. The van der Waals surface area contributed by atoms with Crippen LogP contribution >= 0.6 is 0 Å². The third-order valence-corrected chi connectivity index (χ3v) is 12.7. The maximum Gasteiger partial charge on any atom is 0.410 e. The number of nitro groups is 2. The van der Waals surface area contributed by atoms with E-state index in [4.69, 9.17) is 28.9 Å². The fraction of sp³-hybridized carbons (Fsp3) is 0.412. The molecule has 2 aliphatic carbocycles. The second kappa shape index (κ2) is 22.7. The number of non-ortho nitro benzene ring substituents is 2. The molecule has 3 aliphatic rings. The highest BCUT2D eigenvalue weighted by Gasteiger charge is 2.65. The lowest BCUT2D eigenvalue weighted by Crippen LogP contribution is -2.70. The molecule has 1 heterocycles. The SMILES string of the molecule is C=CCO[C@@]12Oc3ccc(Oc4cccc([N+](=O)[O-])c4)cc3[C@H]3[C@H](CCCCO)[C@@H](CCCCO)C=C(C(=NOCc4ccc([N+](=O)[O-])cc4)C[C@@H]1N(CCC)C(=O)OCc1ccccc1)[C@H]32. The van der Waals surface area contributed by atoms with Crippen molar-refractivity contribution >= 4 is 23.2 Å². The summed E-state index contributed by atoms with van der Waals surface area (Å²) in [5.74, 6) is -1.44. The lowest BCUT2D eigenvalue weighted by atomic mass is 9.55. The molecule has 67 heavy (non-hydrogen) atoms. The van der Waals surface area contributed by atoms with Gasteiger partial charge in [0.05, 0.1) is 34.1 Å². The fourth-order valence-electron chi connectivity index (χ4n) is 9.82. The molecular weight excluding hydrogens is 861 g/mol. The van der Waals surface area contributed by atoms with Crippen molar-refractivity contribution in [3.63, 3.8) is 0 Å². The summed E-state index contributed by atoms with van der Waals surface area (Å²) in [5.41, 5.74) is 3.49. The van der Waals surface area contributed by atoms with Crippen LogP contribution in [-0.2, 0) is 27.5 Å². The zero-order valence-corrected chi connectivity index (χ0v) is 37.7. The standard InChI is InChI=1S/C51H58N4O12/c1-3-25-53(50(58)63-33-35-13-6-5-7-14-35)47-32-45(52-65-34-36-19-21-38(22-20-36)54(59)60)43-29-37(15-8-10-26-56)42(18-9-11-27-57)48-44-31-41(66-40-17-12-16-39(30-40)55(61)62)23-24-46(44)67-51(47,49(43)48)64-28-4-2/h4-7,12-14,16-17,19-24,29-31,37,42,47-49,56-57H,2-3,8-11,15,18,25-28,32-34H2,1H3/t37-,42+,47-,48+,49+,51+/m0/s1. The molecule has 1 aliphatic heterocycles. The first-order valence-electron chi connectivity index (χ1n) is 22.9. The van der Waals surface area contributed by atoms with E-state index in [0.29, 0.717) is 54.9 Å². The van der Waals surface area contributed by atoms with Crippen LogP contribution in [0.25, 0.3) is 0 Å². The Bertz CT molecular complexity index is 2410. The Hall–Kier alpha value is -6.62. The van der Waals surface area contributed by atoms with Crippen LogP contribution in [0.15, 0.2) is 127 Å². The lowest BCUT2D eigenvalue weighted by molar-refractivity contribution is -0.385. The summed E-state index contributed by atoms with van der Waals surface area (Å²) in [4.78, 5) is 44.6. The number of carbonyl (C=O) groups is 1. The first-order valence-corrected chi connectivity index (χ1v) is 22.9. The van der Waals surface area contributed by atoms with E-state index in [-0.39, 0.29) is 80.9 Å². The maximum atomic E-state index is 14.6. The topological polar surface area (TPSA) is 206 Å². The van der Waals surface area contributed by atoms with Gasteiger partial charge in [-0.3, -0.25) is 25.1 Å². The van der Waals surface area contributed by atoms with Crippen LogP contribution in [-0.4, -0.2) is 75.0 Å². The minimum absolute atomic E-state index is 0.00479. The molecular formula is C51H58N4O12. The van der Waals surface area contributed by atoms with E-state index < -0.39 is 33.7 Å². The third-order valence-electron chi connectivity index (χ3n) is 12.7. The molecule has 0 spiro atoms. The number of amides is 1. The number of carbonyl (C=O) groups excluding carboxylic acids is 1. The number of fused-ring (bicyclic) bond motifs is 2.